The highest BCUT2D eigenvalue weighted by Gasteiger charge is 2.75. The highest BCUT2D eigenvalue weighted by atomic mass is 19.1. The van der Waals surface area contributed by atoms with Crippen molar-refractivity contribution >= 4 is 22.6 Å². The number of primary amides is 1. The van der Waals surface area contributed by atoms with Gasteiger partial charge in [-0.1, -0.05) is 6.92 Å². The molecule has 2 aromatic rings. The second-order valence-corrected chi connectivity index (χ2v) is 7.05. The lowest BCUT2D eigenvalue weighted by Gasteiger charge is -2.15. The number of hydrogen-bond donors (Lipinski definition) is 2. The largest absolute Gasteiger partial charge is 0.496 e. The van der Waals surface area contributed by atoms with E-state index in [-0.39, 0.29) is 30.0 Å². The molecule has 7 nitrogen and oxygen atoms in total. The van der Waals surface area contributed by atoms with E-state index < -0.39 is 17.5 Å². The van der Waals surface area contributed by atoms with Crippen LogP contribution in [-0.4, -0.2) is 42.2 Å². The van der Waals surface area contributed by atoms with E-state index in [0.29, 0.717) is 23.4 Å². The number of fused-ring (bicyclic) bond motifs is 2. The minimum absolute atomic E-state index is 0.233. The molecule has 0 bridgehead atoms. The summed E-state index contributed by atoms with van der Waals surface area (Å²) < 4.78 is 25.4. The molecule has 2 aliphatic rings. The van der Waals surface area contributed by atoms with Crippen LogP contribution in [0.25, 0.3) is 10.8 Å². The number of hydrogen-bond acceptors (Lipinski definition) is 5. The van der Waals surface area contributed by atoms with Gasteiger partial charge >= 0.3 is 0 Å². The Labute approximate surface area is 155 Å². The van der Waals surface area contributed by atoms with Gasteiger partial charge < -0.3 is 20.5 Å². The molecule has 3 N–H and O–H groups in total. The van der Waals surface area contributed by atoms with Crippen LogP contribution in [0, 0.1) is 11.8 Å². The van der Waals surface area contributed by atoms with E-state index in [2.05, 4.69) is 10.3 Å². The highest BCUT2D eigenvalue weighted by molar-refractivity contribution is 6.01. The van der Waals surface area contributed by atoms with Gasteiger partial charge in [0.1, 0.15) is 5.75 Å². The van der Waals surface area contributed by atoms with Gasteiger partial charge in [0.25, 0.3) is 11.8 Å². The van der Waals surface area contributed by atoms with Crippen LogP contribution in [0.2, 0.25) is 0 Å². The SMILES string of the molecule is COc1cc2c(OCC[C@H]3NC(=O)[C@@]4(F)[C@@H]3[C@H]4C)nccc2cc1C(N)=O. The van der Waals surface area contributed by atoms with E-state index in [1.165, 1.54) is 7.11 Å². The number of nitrogens with one attached hydrogen (secondary N) is 1. The molecule has 0 unspecified atom stereocenters. The van der Waals surface area contributed by atoms with Crippen LogP contribution >= 0.6 is 0 Å². The molecule has 27 heavy (non-hydrogen) atoms. The minimum atomic E-state index is -1.71. The third kappa shape index (κ3) is 2.58. The molecule has 1 aromatic carbocycles. The Bertz CT molecular complexity index is 950. The molecule has 1 aliphatic carbocycles. The van der Waals surface area contributed by atoms with E-state index in [1.807, 2.05) is 0 Å². The summed E-state index contributed by atoms with van der Waals surface area (Å²) in [5, 5.41) is 4.11. The topological polar surface area (TPSA) is 104 Å². The molecule has 8 heteroatoms. The Kier molecular flexibility index (Phi) is 3.94. The quantitative estimate of drug-likeness (QED) is 0.800. The summed E-state index contributed by atoms with van der Waals surface area (Å²) in [4.78, 5) is 27.5. The van der Waals surface area contributed by atoms with Crippen molar-refractivity contribution in [3.05, 3.63) is 30.0 Å². The summed E-state index contributed by atoms with van der Waals surface area (Å²) >= 11 is 0. The zero-order valence-electron chi connectivity index (χ0n) is 15.0. The lowest BCUT2D eigenvalue weighted by atomic mass is 10.1. The number of pyridine rings is 1. The lowest BCUT2D eigenvalue weighted by molar-refractivity contribution is -0.126. The number of alkyl halides is 1. The summed E-state index contributed by atoms with van der Waals surface area (Å²) in [6.07, 6.45) is 2.06. The van der Waals surface area contributed by atoms with Crippen LogP contribution in [0.1, 0.15) is 23.7 Å². The van der Waals surface area contributed by atoms with Crippen molar-refractivity contribution in [2.24, 2.45) is 17.6 Å². The Hall–Kier alpha value is -2.90. The molecule has 1 saturated carbocycles. The number of ether oxygens (including phenoxy) is 2. The second-order valence-electron chi connectivity index (χ2n) is 7.05. The van der Waals surface area contributed by atoms with Gasteiger partial charge in [-0.2, -0.15) is 0 Å². The summed E-state index contributed by atoms with van der Waals surface area (Å²) in [7, 11) is 1.45. The molecular formula is C19H20FN3O4. The van der Waals surface area contributed by atoms with Crippen LogP contribution in [0.5, 0.6) is 11.6 Å². The number of methoxy groups -OCH3 is 1. The molecule has 0 spiro atoms. The molecule has 4 rings (SSSR count). The second kappa shape index (κ2) is 6.07. The number of nitrogens with two attached hydrogens (primary N) is 1. The van der Waals surface area contributed by atoms with Crippen molar-refractivity contribution < 1.29 is 23.5 Å². The maximum Gasteiger partial charge on any atom is 0.258 e. The number of carbonyl (C=O) groups excluding carboxylic acids is 2. The van der Waals surface area contributed by atoms with Gasteiger partial charge in [0.15, 0.2) is 5.67 Å². The van der Waals surface area contributed by atoms with Crippen LogP contribution in [0.3, 0.4) is 0 Å². The molecule has 2 fully saturated rings. The number of aromatic nitrogens is 1. The normalized spacial score (nSPS) is 28.6. The molecule has 2 amide bonds. The van der Waals surface area contributed by atoms with Crippen LogP contribution in [0.15, 0.2) is 24.4 Å². The van der Waals surface area contributed by atoms with E-state index in [9.17, 15) is 14.0 Å². The van der Waals surface area contributed by atoms with Crippen LogP contribution in [-0.2, 0) is 4.79 Å². The fourth-order valence-corrected chi connectivity index (χ4v) is 4.11. The average Bonchev–Trinajstić information content (AvgIpc) is 3.10. The van der Waals surface area contributed by atoms with Gasteiger partial charge in [-0.3, -0.25) is 9.59 Å². The molecule has 4 atom stereocenters. The number of carbonyl (C=O) groups is 2. The smallest absolute Gasteiger partial charge is 0.258 e. The van der Waals surface area contributed by atoms with Gasteiger partial charge in [-0.15, -0.1) is 0 Å². The summed E-state index contributed by atoms with van der Waals surface area (Å²) in [5.41, 5.74) is 3.96. The maximum atomic E-state index is 14.4. The van der Waals surface area contributed by atoms with Gasteiger partial charge in [-0.05, 0) is 23.6 Å². The summed E-state index contributed by atoms with van der Waals surface area (Å²) in [6, 6.07) is 4.80. The number of halogens is 1. The lowest BCUT2D eigenvalue weighted by Crippen LogP contribution is -2.35. The molecule has 142 valence electrons. The van der Waals surface area contributed by atoms with E-state index in [0.717, 1.165) is 5.39 Å². The highest BCUT2D eigenvalue weighted by Crippen LogP contribution is 2.59. The number of benzene rings is 1. The van der Waals surface area contributed by atoms with Crippen molar-refractivity contribution in [2.75, 3.05) is 13.7 Å². The first-order valence-corrected chi connectivity index (χ1v) is 8.77. The molecule has 1 aromatic heterocycles. The Balaban J connectivity index is 1.51. The first-order chi connectivity index (χ1) is 12.9. The monoisotopic (exact) mass is 373 g/mol. The first kappa shape index (κ1) is 17.5. The zero-order valence-corrected chi connectivity index (χ0v) is 15.0. The van der Waals surface area contributed by atoms with Crippen molar-refractivity contribution in [1.29, 1.82) is 0 Å². The predicted molar refractivity (Wildman–Crippen MR) is 95.3 cm³/mol. The van der Waals surface area contributed by atoms with Gasteiger partial charge in [0.2, 0.25) is 5.88 Å². The van der Waals surface area contributed by atoms with Crippen molar-refractivity contribution in [1.82, 2.24) is 10.3 Å². The third-order valence-corrected chi connectivity index (χ3v) is 5.66. The molecule has 2 heterocycles. The number of nitrogens with zero attached hydrogens (tertiary/aromatic N) is 1. The van der Waals surface area contributed by atoms with Crippen molar-refractivity contribution in [3.63, 3.8) is 0 Å². The third-order valence-electron chi connectivity index (χ3n) is 5.66. The van der Waals surface area contributed by atoms with E-state index in [1.54, 1.807) is 31.3 Å². The van der Waals surface area contributed by atoms with Gasteiger partial charge in [0, 0.05) is 35.9 Å². The molecule has 0 radical (unpaired) electrons. The van der Waals surface area contributed by atoms with E-state index >= 15 is 0 Å². The standard InChI is InChI=1S/C19H20FN3O4/c1-9-15-13(23-18(25)19(9,15)20)4-6-27-17-11-8-14(26-2)12(16(21)24)7-10(11)3-5-22-17/h3,5,7-9,13,15H,4,6H2,1-2H3,(H2,21,24)(H,23,25)/t9-,13-,15-,19+/m1/s1. The number of amides is 2. The maximum absolute atomic E-state index is 14.4. The molecule has 1 saturated heterocycles. The van der Waals surface area contributed by atoms with Crippen molar-refractivity contribution in [3.8, 4) is 11.6 Å². The van der Waals surface area contributed by atoms with Crippen LogP contribution < -0.4 is 20.5 Å². The summed E-state index contributed by atoms with van der Waals surface area (Å²) in [6.45, 7) is 2.03. The van der Waals surface area contributed by atoms with Gasteiger partial charge in [-0.25, -0.2) is 9.37 Å². The fraction of sp³-hybridized carbons (Fsp3) is 0.421. The van der Waals surface area contributed by atoms with E-state index in [4.69, 9.17) is 15.2 Å². The zero-order chi connectivity index (χ0) is 19.3. The molecule has 1 aliphatic heterocycles. The predicted octanol–water partition coefficient (Wildman–Crippen LogP) is 1.58. The van der Waals surface area contributed by atoms with Crippen LogP contribution in [0.4, 0.5) is 4.39 Å². The minimum Gasteiger partial charge on any atom is -0.496 e. The number of rotatable bonds is 6. The Morgan fingerprint density at radius 1 is 1.44 bits per heavy atom. The summed E-state index contributed by atoms with van der Waals surface area (Å²) in [5.74, 6) is -0.919. The average molecular weight is 373 g/mol. The number of piperidine rings is 1. The fourth-order valence-electron chi connectivity index (χ4n) is 4.11. The first-order valence-electron chi connectivity index (χ1n) is 8.77. The van der Waals surface area contributed by atoms with Crippen molar-refractivity contribution in [2.45, 2.75) is 25.1 Å². The Morgan fingerprint density at radius 2 is 2.22 bits per heavy atom. The molecular weight excluding hydrogens is 353 g/mol. The Morgan fingerprint density at radius 3 is 2.85 bits per heavy atom. The van der Waals surface area contributed by atoms with Gasteiger partial charge in [0.05, 0.1) is 19.3 Å².